The molecule has 3 N–H and O–H groups in total. The second-order valence-electron chi connectivity index (χ2n) is 12.3. The number of benzene rings is 2. The second-order valence-corrected chi connectivity index (χ2v) is 12.3. The molecule has 2 aromatic rings. The van der Waals surface area contributed by atoms with Gasteiger partial charge in [0.05, 0.1) is 23.4 Å². The number of ketones is 1. The number of rotatable bonds is 14. The summed E-state index contributed by atoms with van der Waals surface area (Å²) in [5, 5.41) is 17.1. The molecule has 0 saturated carbocycles. The highest BCUT2D eigenvalue weighted by Gasteiger charge is 2.32. The van der Waals surface area contributed by atoms with Crippen LogP contribution in [0.15, 0.2) is 36.4 Å². The fourth-order valence-corrected chi connectivity index (χ4v) is 5.11. The Morgan fingerprint density at radius 1 is 0.946 bits per heavy atom. The molecule has 1 aliphatic rings. The molecule has 1 atom stereocenters. The highest BCUT2D eigenvalue weighted by molar-refractivity contribution is 6.16. The molecule has 204 valence electrons. The topological polar surface area (TPSA) is 70.6 Å². The first-order valence-corrected chi connectivity index (χ1v) is 14.0. The number of carbonyl (C=O) groups is 1. The van der Waals surface area contributed by atoms with Crippen LogP contribution in [0, 0.1) is 5.92 Å². The van der Waals surface area contributed by atoms with Gasteiger partial charge in [-0.15, -0.1) is 0 Å². The summed E-state index contributed by atoms with van der Waals surface area (Å²) in [4.78, 5) is 13.7. The minimum atomic E-state index is -0.714. The van der Waals surface area contributed by atoms with E-state index in [9.17, 15) is 9.90 Å². The maximum absolute atomic E-state index is 13.7. The third kappa shape index (κ3) is 8.05. The fraction of sp³-hybridized carbons (Fsp3) is 0.594. The quantitative estimate of drug-likeness (QED) is 0.232. The molecule has 0 aliphatic heterocycles. The molecule has 0 radical (unpaired) electrons. The van der Waals surface area contributed by atoms with Crippen molar-refractivity contribution in [2.45, 2.75) is 97.7 Å². The van der Waals surface area contributed by atoms with Gasteiger partial charge in [-0.2, -0.15) is 0 Å². The third-order valence-electron chi connectivity index (χ3n) is 7.33. The Morgan fingerprint density at radius 2 is 1.59 bits per heavy atom. The van der Waals surface area contributed by atoms with Gasteiger partial charge in [-0.25, -0.2) is 0 Å². The lowest BCUT2D eigenvalue weighted by atomic mass is 9.77. The van der Waals surface area contributed by atoms with Crippen LogP contribution in [0.1, 0.15) is 114 Å². The Balaban J connectivity index is 1.73. The maximum Gasteiger partial charge on any atom is 0.195 e. The molecular weight excluding hydrogens is 460 g/mol. The highest BCUT2D eigenvalue weighted by atomic mass is 16.5. The predicted octanol–water partition coefficient (Wildman–Crippen LogP) is 7.38. The molecule has 1 aliphatic carbocycles. The Morgan fingerprint density at radius 3 is 2.30 bits per heavy atom. The molecule has 0 spiro atoms. The van der Waals surface area contributed by atoms with Crippen LogP contribution in [0.3, 0.4) is 0 Å². The van der Waals surface area contributed by atoms with Crippen LogP contribution in [-0.4, -0.2) is 41.8 Å². The van der Waals surface area contributed by atoms with Crippen molar-refractivity contribution in [3.8, 4) is 0 Å². The molecule has 5 heteroatoms. The van der Waals surface area contributed by atoms with E-state index in [-0.39, 0.29) is 17.3 Å². The Hall–Kier alpha value is -2.37. The monoisotopic (exact) mass is 508 g/mol. The largest absolute Gasteiger partial charge is 0.390 e. The van der Waals surface area contributed by atoms with Crippen LogP contribution in [0.2, 0.25) is 0 Å². The van der Waals surface area contributed by atoms with Crippen LogP contribution in [0.5, 0.6) is 0 Å². The second kappa shape index (κ2) is 12.4. The number of fused-ring (bicyclic) bond motifs is 2. The average molecular weight is 509 g/mol. The normalized spacial score (nSPS) is 15.5. The average Bonchev–Trinajstić information content (AvgIpc) is 2.82. The van der Waals surface area contributed by atoms with Gasteiger partial charge in [0.25, 0.3) is 0 Å². The molecule has 5 nitrogen and oxygen atoms in total. The first kappa shape index (κ1) is 29.2. The molecule has 0 fully saturated rings. The van der Waals surface area contributed by atoms with Gasteiger partial charge in [0, 0.05) is 35.9 Å². The van der Waals surface area contributed by atoms with Gasteiger partial charge in [0.2, 0.25) is 0 Å². The van der Waals surface area contributed by atoms with Crippen molar-refractivity contribution >= 4 is 17.2 Å². The summed E-state index contributed by atoms with van der Waals surface area (Å²) in [5.74, 6) is 0.931. The molecule has 0 aromatic heterocycles. The predicted molar refractivity (Wildman–Crippen MR) is 155 cm³/mol. The maximum atomic E-state index is 13.7. The zero-order valence-corrected chi connectivity index (χ0v) is 24.0. The molecule has 2 aromatic carbocycles. The number of anilines is 2. The summed E-state index contributed by atoms with van der Waals surface area (Å²) in [6, 6.07) is 12.2. The van der Waals surface area contributed by atoms with Gasteiger partial charge in [-0.1, -0.05) is 45.0 Å². The molecule has 3 rings (SSSR count). The lowest BCUT2D eigenvalue weighted by molar-refractivity contribution is -0.0503. The number of carbonyl (C=O) groups excluding carboxylic acids is 1. The van der Waals surface area contributed by atoms with Crippen molar-refractivity contribution < 1.29 is 14.6 Å². The number of nitrogens with one attached hydrogen (secondary N) is 2. The van der Waals surface area contributed by atoms with Crippen molar-refractivity contribution in [2.24, 2.45) is 5.92 Å². The lowest BCUT2D eigenvalue weighted by Gasteiger charge is -2.30. The van der Waals surface area contributed by atoms with E-state index in [0.717, 1.165) is 66.0 Å². The minimum absolute atomic E-state index is 0.104. The van der Waals surface area contributed by atoms with E-state index in [1.807, 2.05) is 18.2 Å². The molecule has 0 amide bonds. The van der Waals surface area contributed by atoms with Crippen molar-refractivity contribution in [3.63, 3.8) is 0 Å². The standard InChI is InChI=1S/C32H48N2O3/c1-22(2)12-10-19-33-26-15-16-27(34-20-11-17-32(6,7)37-21-18-31(4,5)36)29-28(26)23(3)24-13-8-9-14-25(24)30(29)35/h8-9,13-16,22-23,33-34,36H,10-12,17-21H2,1-7H3. The number of aliphatic hydroxyl groups is 1. The Labute approximate surface area is 224 Å². The summed E-state index contributed by atoms with van der Waals surface area (Å²) in [6.45, 7) is 16.7. The molecular formula is C32H48N2O3. The van der Waals surface area contributed by atoms with E-state index >= 15 is 0 Å². The third-order valence-corrected chi connectivity index (χ3v) is 7.33. The first-order chi connectivity index (χ1) is 17.4. The van der Waals surface area contributed by atoms with Gasteiger partial charge in [0.1, 0.15) is 0 Å². The van der Waals surface area contributed by atoms with E-state index in [0.29, 0.717) is 18.9 Å². The van der Waals surface area contributed by atoms with Crippen LogP contribution in [0.25, 0.3) is 0 Å². The van der Waals surface area contributed by atoms with Crippen LogP contribution >= 0.6 is 0 Å². The summed E-state index contributed by atoms with van der Waals surface area (Å²) in [7, 11) is 0. The number of ether oxygens (including phenoxy) is 1. The molecule has 37 heavy (non-hydrogen) atoms. The van der Waals surface area contributed by atoms with Crippen LogP contribution in [-0.2, 0) is 4.74 Å². The first-order valence-electron chi connectivity index (χ1n) is 14.0. The van der Waals surface area contributed by atoms with E-state index in [4.69, 9.17) is 4.74 Å². The summed E-state index contributed by atoms with van der Waals surface area (Å²) in [5.41, 5.74) is 4.83. The van der Waals surface area contributed by atoms with Gasteiger partial charge < -0.3 is 20.5 Å². The van der Waals surface area contributed by atoms with Crippen molar-refractivity contribution in [1.29, 1.82) is 0 Å². The van der Waals surface area contributed by atoms with Gasteiger partial charge in [0.15, 0.2) is 5.78 Å². The Kier molecular flexibility index (Phi) is 9.82. The highest BCUT2D eigenvalue weighted by Crippen LogP contribution is 2.43. The fourth-order valence-electron chi connectivity index (χ4n) is 5.11. The molecule has 0 heterocycles. The molecule has 0 bridgehead atoms. The summed E-state index contributed by atoms with van der Waals surface area (Å²) < 4.78 is 6.05. The zero-order chi connectivity index (χ0) is 27.2. The van der Waals surface area contributed by atoms with Gasteiger partial charge in [-0.05, 0) is 89.0 Å². The van der Waals surface area contributed by atoms with Crippen molar-refractivity contribution in [3.05, 3.63) is 58.7 Å². The Bertz CT molecular complexity index is 1050. The number of hydrogen-bond donors (Lipinski definition) is 3. The summed E-state index contributed by atoms with van der Waals surface area (Å²) in [6.07, 6.45) is 4.71. The zero-order valence-electron chi connectivity index (χ0n) is 24.0. The van der Waals surface area contributed by atoms with Gasteiger partial charge >= 0.3 is 0 Å². The smallest absolute Gasteiger partial charge is 0.195 e. The van der Waals surface area contributed by atoms with Crippen molar-refractivity contribution in [1.82, 2.24) is 0 Å². The minimum Gasteiger partial charge on any atom is -0.390 e. The van der Waals surface area contributed by atoms with Crippen molar-refractivity contribution in [2.75, 3.05) is 30.3 Å². The van der Waals surface area contributed by atoms with Crippen LogP contribution < -0.4 is 10.6 Å². The SMILES string of the molecule is CC(C)CCCNc1ccc(NCCCC(C)(C)OCCC(C)(C)O)c2c1C(C)c1ccccc1C2=O. The summed E-state index contributed by atoms with van der Waals surface area (Å²) >= 11 is 0. The van der Waals surface area contributed by atoms with Crippen LogP contribution in [0.4, 0.5) is 11.4 Å². The lowest BCUT2D eigenvalue weighted by Crippen LogP contribution is -2.29. The molecule has 0 saturated heterocycles. The van der Waals surface area contributed by atoms with E-state index in [2.05, 4.69) is 63.5 Å². The molecule has 1 unspecified atom stereocenters. The van der Waals surface area contributed by atoms with E-state index in [1.165, 1.54) is 6.42 Å². The van der Waals surface area contributed by atoms with E-state index < -0.39 is 5.60 Å². The number of hydrogen-bond acceptors (Lipinski definition) is 5. The van der Waals surface area contributed by atoms with E-state index in [1.54, 1.807) is 13.8 Å². The van der Waals surface area contributed by atoms with Gasteiger partial charge in [-0.3, -0.25) is 4.79 Å².